The SMILES string of the molecule is O=C(CSc1ncnc2sc3c(c12)CCCC3)NC(C1CC1)C1CC1. The third kappa shape index (κ3) is 3.31. The number of rotatable bonds is 6. The zero-order chi connectivity index (χ0) is 16.8. The summed E-state index contributed by atoms with van der Waals surface area (Å²) in [5.41, 5.74) is 1.45. The number of thiophene rings is 1. The van der Waals surface area contributed by atoms with Crippen LogP contribution >= 0.6 is 23.1 Å². The molecule has 5 rings (SSSR count). The summed E-state index contributed by atoms with van der Waals surface area (Å²) in [5.74, 6) is 2.13. The molecule has 4 nitrogen and oxygen atoms in total. The summed E-state index contributed by atoms with van der Waals surface area (Å²) in [4.78, 5) is 24.1. The monoisotopic (exact) mass is 373 g/mol. The van der Waals surface area contributed by atoms with Crippen molar-refractivity contribution in [1.29, 1.82) is 0 Å². The van der Waals surface area contributed by atoms with E-state index in [0.29, 0.717) is 11.8 Å². The zero-order valence-corrected chi connectivity index (χ0v) is 15.9. The fourth-order valence-electron chi connectivity index (χ4n) is 4.06. The van der Waals surface area contributed by atoms with E-state index in [9.17, 15) is 4.79 Å². The summed E-state index contributed by atoms with van der Waals surface area (Å²) in [6.45, 7) is 0. The Balaban J connectivity index is 1.30. The largest absolute Gasteiger partial charge is 0.352 e. The minimum absolute atomic E-state index is 0.171. The Morgan fingerprint density at radius 2 is 1.96 bits per heavy atom. The van der Waals surface area contributed by atoms with Gasteiger partial charge in [0.25, 0.3) is 0 Å². The lowest BCUT2D eigenvalue weighted by molar-refractivity contribution is -0.119. The van der Waals surface area contributed by atoms with Crippen LogP contribution in [0.25, 0.3) is 10.2 Å². The molecule has 2 fully saturated rings. The molecular weight excluding hydrogens is 350 g/mol. The number of carbonyl (C=O) groups excluding carboxylic acids is 1. The highest BCUT2D eigenvalue weighted by Crippen LogP contribution is 2.44. The first-order valence-corrected chi connectivity index (χ1v) is 11.3. The van der Waals surface area contributed by atoms with Gasteiger partial charge in [-0.25, -0.2) is 9.97 Å². The molecule has 2 heterocycles. The second-order valence-electron chi connectivity index (χ2n) is 7.63. The molecule has 2 aromatic rings. The van der Waals surface area contributed by atoms with E-state index in [1.165, 1.54) is 60.8 Å². The summed E-state index contributed by atoms with van der Waals surface area (Å²) >= 11 is 3.40. The maximum Gasteiger partial charge on any atom is 0.230 e. The Morgan fingerprint density at radius 1 is 1.20 bits per heavy atom. The van der Waals surface area contributed by atoms with Crippen LogP contribution in [0.1, 0.15) is 49.0 Å². The van der Waals surface area contributed by atoms with Crippen LogP contribution in [0.3, 0.4) is 0 Å². The second-order valence-corrected chi connectivity index (χ2v) is 9.67. The molecule has 0 spiro atoms. The van der Waals surface area contributed by atoms with Crippen LogP contribution < -0.4 is 5.32 Å². The molecule has 0 atom stereocenters. The molecule has 0 aliphatic heterocycles. The zero-order valence-electron chi connectivity index (χ0n) is 14.3. The van der Waals surface area contributed by atoms with E-state index in [1.54, 1.807) is 18.1 Å². The predicted octanol–water partition coefficient (Wildman–Crippen LogP) is 3.97. The molecular formula is C19H23N3OS2. The Hall–Kier alpha value is -1.14. The van der Waals surface area contributed by atoms with Gasteiger partial charge < -0.3 is 5.32 Å². The molecule has 1 N–H and O–H groups in total. The highest BCUT2D eigenvalue weighted by atomic mass is 32.2. The molecule has 132 valence electrons. The molecule has 1 amide bonds. The summed E-state index contributed by atoms with van der Waals surface area (Å²) < 4.78 is 0. The number of fused-ring (bicyclic) bond motifs is 3. The van der Waals surface area contributed by atoms with Gasteiger partial charge in [0.05, 0.1) is 5.75 Å². The lowest BCUT2D eigenvalue weighted by atomic mass is 9.97. The van der Waals surface area contributed by atoms with Crippen molar-refractivity contribution in [2.24, 2.45) is 11.8 Å². The average Bonchev–Trinajstić information content (AvgIpc) is 3.54. The van der Waals surface area contributed by atoms with Crippen LogP contribution in [-0.4, -0.2) is 27.7 Å². The molecule has 3 aliphatic rings. The highest BCUT2D eigenvalue weighted by Gasteiger charge is 2.42. The van der Waals surface area contributed by atoms with Crippen LogP contribution in [0, 0.1) is 11.8 Å². The van der Waals surface area contributed by atoms with Crippen LogP contribution in [0.5, 0.6) is 0 Å². The van der Waals surface area contributed by atoms with Crippen molar-refractivity contribution in [3.63, 3.8) is 0 Å². The third-order valence-corrected chi connectivity index (χ3v) is 7.83. The molecule has 25 heavy (non-hydrogen) atoms. The molecule has 0 unspecified atom stereocenters. The van der Waals surface area contributed by atoms with Gasteiger partial charge in [-0.05, 0) is 68.8 Å². The van der Waals surface area contributed by atoms with E-state index in [0.717, 1.165) is 28.1 Å². The maximum atomic E-state index is 12.5. The highest BCUT2D eigenvalue weighted by molar-refractivity contribution is 8.00. The van der Waals surface area contributed by atoms with Gasteiger partial charge in [0.1, 0.15) is 16.2 Å². The summed E-state index contributed by atoms with van der Waals surface area (Å²) in [5, 5.41) is 5.53. The number of nitrogens with zero attached hydrogens (tertiary/aromatic N) is 2. The molecule has 0 bridgehead atoms. The number of carbonyl (C=O) groups is 1. The fraction of sp³-hybridized carbons (Fsp3) is 0.632. The van der Waals surface area contributed by atoms with Crippen molar-refractivity contribution >= 4 is 39.2 Å². The van der Waals surface area contributed by atoms with Crippen LogP contribution in [0.4, 0.5) is 0 Å². The standard InChI is InChI=1S/C19H23N3OS2/c23-15(22-17(11-5-6-11)12-7-8-12)9-24-18-16-13-3-1-2-4-14(13)25-19(16)21-10-20-18/h10-12,17H,1-9H2,(H,22,23). The summed E-state index contributed by atoms with van der Waals surface area (Å²) in [6.07, 6.45) is 11.7. The van der Waals surface area contributed by atoms with Crippen molar-refractivity contribution in [2.45, 2.75) is 62.4 Å². The van der Waals surface area contributed by atoms with Gasteiger partial charge in [-0.1, -0.05) is 11.8 Å². The molecule has 2 aromatic heterocycles. The summed E-state index contributed by atoms with van der Waals surface area (Å²) in [7, 11) is 0. The number of hydrogen-bond donors (Lipinski definition) is 1. The second kappa shape index (κ2) is 6.54. The third-order valence-electron chi connectivity index (χ3n) is 5.64. The van der Waals surface area contributed by atoms with Crippen LogP contribution in [0.15, 0.2) is 11.4 Å². The molecule has 0 aromatic carbocycles. The summed E-state index contributed by atoms with van der Waals surface area (Å²) in [6, 6.07) is 0.437. The van der Waals surface area contributed by atoms with Crippen molar-refractivity contribution in [1.82, 2.24) is 15.3 Å². The minimum atomic E-state index is 0.171. The van der Waals surface area contributed by atoms with E-state index < -0.39 is 0 Å². The number of nitrogens with one attached hydrogen (secondary N) is 1. The number of aromatic nitrogens is 2. The van der Waals surface area contributed by atoms with Crippen LogP contribution in [0.2, 0.25) is 0 Å². The Kier molecular flexibility index (Phi) is 4.20. The van der Waals surface area contributed by atoms with Crippen molar-refractivity contribution < 1.29 is 4.79 Å². The Morgan fingerprint density at radius 3 is 2.72 bits per heavy atom. The van der Waals surface area contributed by atoms with Gasteiger partial charge >= 0.3 is 0 Å². The van der Waals surface area contributed by atoms with Crippen molar-refractivity contribution in [3.8, 4) is 0 Å². The molecule has 0 saturated heterocycles. The van der Waals surface area contributed by atoms with E-state index in [1.807, 2.05) is 11.3 Å². The van der Waals surface area contributed by atoms with Gasteiger partial charge in [-0.2, -0.15) is 0 Å². The Labute approximate surface area is 156 Å². The number of aryl methyl sites for hydroxylation is 2. The smallest absolute Gasteiger partial charge is 0.230 e. The minimum Gasteiger partial charge on any atom is -0.352 e. The number of hydrogen-bond acceptors (Lipinski definition) is 5. The van der Waals surface area contributed by atoms with Gasteiger partial charge in [-0.3, -0.25) is 4.79 Å². The van der Waals surface area contributed by atoms with Gasteiger partial charge in [0.2, 0.25) is 5.91 Å². The van der Waals surface area contributed by atoms with Gasteiger partial charge in [-0.15, -0.1) is 11.3 Å². The quantitative estimate of drug-likeness (QED) is 0.615. The molecule has 3 aliphatic carbocycles. The first-order chi connectivity index (χ1) is 12.3. The van der Waals surface area contributed by atoms with Gasteiger partial charge in [0, 0.05) is 16.3 Å². The molecule has 6 heteroatoms. The maximum absolute atomic E-state index is 12.5. The lowest BCUT2D eigenvalue weighted by Gasteiger charge is -2.17. The Bertz CT molecular complexity index is 798. The van der Waals surface area contributed by atoms with E-state index >= 15 is 0 Å². The fourth-order valence-corrected chi connectivity index (χ4v) is 6.19. The van der Waals surface area contributed by atoms with Crippen molar-refractivity contribution in [3.05, 3.63) is 16.8 Å². The average molecular weight is 374 g/mol. The first-order valence-electron chi connectivity index (χ1n) is 9.47. The number of thioether (sulfide) groups is 1. The molecule has 0 radical (unpaired) electrons. The molecule has 2 saturated carbocycles. The lowest BCUT2D eigenvalue weighted by Crippen LogP contribution is -2.39. The van der Waals surface area contributed by atoms with Gasteiger partial charge in [0.15, 0.2) is 0 Å². The van der Waals surface area contributed by atoms with E-state index in [-0.39, 0.29) is 5.91 Å². The van der Waals surface area contributed by atoms with Crippen molar-refractivity contribution in [2.75, 3.05) is 5.75 Å². The topological polar surface area (TPSA) is 54.9 Å². The van der Waals surface area contributed by atoms with E-state index in [4.69, 9.17) is 0 Å². The first kappa shape index (κ1) is 16.1. The predicted molar refractivity (Wildman–Crippen MR) is 102 cm³/mol. The normalized spacial score (nSPS) is 20.0. The number of amides is 1. The van der Waals surface area contributed by atoms with Crippen LogP contribution in [-0.2, 0) is 17.6 Å². The van der Waals surface area contributed by atoms with E-state index in [2.05, 4.69) is 15.3 Å².